The number of allylic oxidation sites excluding steroid dienone is 2. The molecule has 8 heteroatoms. The summed E-state index contributed by atoms with van der Waals surface area (Å²) in [5.41, 5.74) is -0.568. The normalized spacial score (nSPS) is 27.3. The summed E-state index contributed by atoms with van der Waals surface area (Å²) in [4.78, 5) is 23.7. The van der Waals surface area contributed by atoms with E-state index in [4.69, 9.17) is 16.3 Å². The number of amides is 2. The number of carbonyl (C=O) groups excluding carboxylic acids is 2. The van der Waals surface area contributed by atoms with Gasteiger partial charge in [0, 0.05) is 25.4 Å². The van der Waals surface area contributed by atoms with Crippen LogP contribution in [-0.4, -0.2) is 43.1 Å². The van der Waals surface area contributed by atoms with Gasteiger partial charge in [-0.25, -0.2) is 4.39 Å². The number of methoxy groups -OCH3 is 1. The third kappa shape index (κ3) is 5.21. The second-order valence-corrected chi connectivity index (χ2v) is 6.12. The van der Waals surface area contributed by atoms with E-state index in [1.807, 2.05) is 0 Å². The molecule has 1 aliphatic heterocycles. The van der Waals surface area contributed by atoms with Crippen LogP contribution in [0, 0.1) is 0 Å². The Morgan fingerprint density at radius 2 is 1.91 bits per heavy atom. The second kappa shape index (κ2) is 8.31. The molecule has 1 saturated carbocycles. The Kier molecular flexibility index (Phi) is 6.41. The van der Waals surface area contributed by atoms with Gasteiger partial charge in [-0.05, 0) is 31.8 Å². The Morgan fingerprint density at radius 1 is 1.30 bits per heavy atom. The summed E-state index contributed by atoms with van der Waals surface area (Å²) in [5.74, 6) is -1.03. The molecule has 1 fully saturated rings. The monoisotopic (exact) mass is 345 g/mol. The fraction of sp³-hybridized carbons (Fsp3) is 0.600. The van der Waals surface area contributed by atoms with E-state index in [1.165, 1.54) is 7.11 Å². The number of nitrogens with one attached hydrogen (secondary N) is 3. The molecule has 1 unspecified atom stereocenters. The van der Waals surface area contributed by atoms with Gasteiger partial charge in [-0.15, -0.1) is 0 Å². The van der Waals surface area contributed by atoms with Gasteiger partial charge in [0.25, 0.3) is 5.91 Å². The Labute approximate surface area is 139 Å². The highest BCUT2D eigenvalue weighted by molar-refractivity contribution is 6.25. The smallest absolute Gasteiger partial charge is 0.250 e. The molecule has 2 rings (SSSR count). The average Bonchev–Trinajstić information content (AvgIpc) is 2.52. The van der Waals surface area contributed by atoms with Crippen molar-refractivity contribution in [1.29, 1.82) is 0 Å². The Morgan fingerprint density at radius 3 is 2.52 bits per heavy atom. The summed E-state index contributed by atoms with van der Waals surface area (Å²) in [7, 11) is 1.48. The summed E-state index contributed by atoms with van der Waals surface area (Å²) >= 11 is 5.96. The van der Waals surface area contributed by atoms with Crippen LogP contribution < -0.4 is 16.0 Å². The lowest BCUT2D eigenvalue weighted by Crippen LogP contribution is -2.46. The zero-order chi connectivity index (χ0) is 16.8. The van der Waals surface area contributed by atoms with Gasteiger partial charge in [0.15, 0.2) is 0 Å². The van der Waals surface area contributed by atoms with E-state index in [0.29, 0.717) is 0 Å². The number of alkyl halides is 1. The molecule has 128 valence electrons. The van der Waals surface area contributed by atoms with E-state index in [-0.39, 0.29) is 36.1 Å². The number of halogens is 2. The lowest BCUT2D eigenvalue weighted by atomic mass is 9.91. The van der Waals surface area contributed by atoms with Crippen molar-refractivity contribution in [2.45, 2.75) is 43.3 Å². The predicted molar refractivity (Wildman–Crippen MR) is 84.3 cm³/mol. The molecule has 0 saturated heterocycles. The number of carbonyl (C=O) groups is 2. The predicted octanol–water partition coefficient (Wildman–Crippen LogP) is 1.08. The minimum atomic E-state index is -0.737. The average molecular weight is 346 g/mol. The topological polar surface area (TPSA) is 79.5 Å². The van der Waals surface area contributed by atoms with E-state index in [9.17, 15) is 14.0 Å². The van der Waals surface area contributed by atoms with Gasteiger partial charge in [-0.2, -0.15) is 0 Å². The fourth-order valence-corrected chi connectivity index (χ4v) is 2.96. The van der Waals surface area contributed by atoms with Crippen molar-refractivity contribution in [3.8, 4) is 0 Å². The highest BCUT2D eigenvalue weighted by Crippen LogP contribution is 2.21. The zero-order valence-corrected chi connectivity index (χ0v) is 13.7. The third-order valence-electron chi connectivity index (χ3n) is 3.90. The molecular formula is C15H21ClFN3O3. The number of hydrogen-bond acceptors (Lipinski definition) is 4. The molecule has 0 bridgehead atoms. The standard InChI is InChI=1S/C15H21ClFN3O3/c1-23-8-13(21)19-10-2-4-11(5-3-10)20-15(22)12-6-9(17)7-18-14(12)16/h6-7,10-11,14,18H,2-5,8H2,1H3,(H,19,21)(H,20,22). The second-order valence-electron chi connectivity index (χ2n) is 5.68. The zero-order valence-electron chi connectivity index (χ0n) is 12.9. The third-order valence-corrected chi connectivity index (χ3v) is 4.26. The van der Waals surface area contributed by atoms with Crippen LogP contribution in [0.1, 0.15) is 25.7 Å². The van der Waals surface area contributed by atoms with E-state index >= 15 is 0 Å². The first-order valence-electron chi connectivity index (χ1n) is 7.56. The van der Waals surface area contributed by atoms with Crippen LogP contribution in [0.2, 0.25) is 0 Å². The number of ether oxygens (including phenoxy) is 1. The largest absolute Gasteiger partial charge is 0.375 e. The fourth-order valence-electron chi connectivity index (χ4n) is 2.74. The first kappa shape index (κ1) is 17.7. The number of hydrogen-bond donors (Lipinski definition) is 3. The highest BCUT2D eigenvalue weighted by atomic mass is 35.5. The first-order chi connectivity index (χ1) is 11.0. The lowest BCUT2D eigenvalue weighted by Gasteiger charge is -2.30. The molecule has 2 amide bonds. The van der Waals surface area contributed by atoms with E-state index < -0.39 is 11.3 Å². The molecule has 6 nitrogen and oxygen atoms in total. The summed E-state index contributed by atoms with van der Waals surface area (Å²) < 4.78 is 18.0. The Bertz CT molecular complexity index is 516. The molecule has 0 aromatic rings. The SMILES string of the molecule is COCC(=O)NC1CCC(NC(=O)C2=CC(F)=CNC2Cl)CC1. The summed E-state index contributed by atoms with van der Waals surface area (Å²) in [6.07, 6.45) is 5.31. The van der Waals surface area contributed by atoms with Crippen LogP contribution in [-0.2, 0) is 14.3 Å². The molecule has 0 aromatic heterocycles. The van der Waals surface area contributed by atoms with Gasteiger partial charge in [-0.1, -0.05) is 11.6 Å². The lowest BCUT2D eigenvalue weighted by molar-refractivity contribution is -0.126. The summed E-state index contributed by atoms with van der Waals surface area (Å²) in [6, 6.07) is 0.0966. The molecule has 0 spiro atoms. The molecule has 2 aliphatic rings. The highest BCUT2D eigenvalue weighted by Gasteiger charge is 2.27. The van der Waals surface area contributed by atoms with Crippen molar-refractivity contribution >= 4 is 23.4 Å². The number of rotatable bonds is 5. The minimum absolute atomic E-state index is 0.00295. The maximum absolute atomic E-state index is 13.2. The van der Waals surface area contributed by atoms with Gasteiger partial charge >= 0.3 is 0 Å². The summed E-state index contributed by atoms with van der Waals surface area (Å²) in [6.45, 7) is 0.0496. The van der Waals surface area contributed by atoms with Crippen LogP contribution in [0.4, 0.5) is 4.39 Å². The molecule has 1 atom stereocenters. The van der Waals surface area contributed by atoms with E-state index in [1.54, 1.807) is 0 Å². The molecular weight excluding hydrogens is 325 g/mol. The van der Waals surface area contributed by atoms with Gasteiger partial charge in [0.05, 0.1) is 5.57 Å². The molecule has 1 aliphatic carbocycles. The molecule has 0 radical (unpaired) electrons. The van der Waals surface area contributed by atoms with Crippen molar-refractivity contribution in [2.75, 3.05) is 13.7 Å². The summed E-state index contributed by atoms with van der Waals surface area (Å²) in [5, 5.41) is 8.35. The van der Waals surface area contributed by atoms with E-state index in [2.05, 4.69) is 16.0 Å². The Hall–Kier alpha value is -1.60. The van der Waals surface area contributed by atoms with Gasteiger partial charge in [0.2, 0.25) is 5.91 Å². The van der Waals surface area contributed by atoms with Crippen molar-refractivity contribution in [2.24, 2.45) is 0 Å². The van der Waals surface area contributed by atoms with Crippen LogP contribution in [0.15, 0.2) is 23.7 Å². The number of dihydropyridines is 1. The Balaban J connectivity index is 1.79. The van der Waals surface area contributed by atoms with Crippen LogP contribution in [0.3, 0.4) is 0 Å². The molecule has 3 N–H and O–H groups in total. The quantitative estimate of drug-likeness (QED) is 0.514. The van der Waals surface area contributed by atoms with Gasteiger partial charge < -0.3 is 20.7 Å². The van der Waals surface area contributed by atoms with Crippen molar-refractivity contribution in [3.05, 3.63) is 23.7 Å². The van der Waals surface area contributed by atoms with Gasteiger partial charge in [0.1, 0.15) is 17.9 Å². The molecule has 23 heavy (non-hydrogen) atoms. The van der Waals surface area contributed by atoms with Crippen LogP contribution in [0.5, 0.6) is 0 Å². The molecule has 1 heterocycles. The van der Waals surface area contributed by atoms with Crippen molar-refractivity contribution in [3.63, 3.8) is 0 Å². The van der Waals surface area contributed by atoms with Crippen LogP contribution in [0.25, 0.3) is 0 Å². The minimum Gasteiger partial charge on any atom is -0.375 e. The maximum atomic E-state index is 13.2. The maximum Gasteiger partial charge on any atom is 0.250 e. The molecule has 0 aromatic carbocycles. The van der Waals surface area contributed by atoms with Crippen LogP contribution >= 0.6 is 11.6 Å². The van der Waals surface area contributed by atoms with Crippen molar-refractivity contribution in [1.82, 2.24) is 16.0 Å². The first-order valence-corrected chi connectivity index (χ1v) is 7.99. The van der Waals surface area contributed by atoms with Gasteiger partial charge in [-0.3, -0.25) is 9.59 Å². The van der Waals surface area contributed by atoms with Crippen molar-refractivity contribution < 1.29 is 18.7 Å². The van der Waals surface area contributed by atoms with E-state index in [0.717, 1.165) is 38.0 Å².